The molecule has 1 aromatic carbocycles. The second-order valence-corrected chi connectivity index (χ2v) is 8.41. The standard InChI is InChI=1S/C14H17Cl2NO3S/c1-8-12(15)6-11(7-13(8)21(16,19)20)14(18)17-9(2)10-4-3-5-10/h6-7,9-10H,3-5H2,1-2H3,(H,17,18). The topological polar surface area (TPSA) is 63.2 Å². The first-order chi connectivity index (χ1) is 9.70. The molecule has 116 valence electrons. The lowest BCUT2D eigenvalue weighted by atomic mass is 9.80. The maximum Gasteiger partial charge on any atom is 0.261 e. The summed E-state index contributed by atoms with van der Waals surface area (Å²) in [5, 5.41) is 3.09. The van der Waals surface area contributed by atoms with Gasteiger partial charge in [-0.1, -0.05) is 18.0 Å². The maximum atomic E-state index is 12.2. The molecule has 1 aliphatic carbocycles. The van der Waals surface area contributed by atoms with Gasteiger partial charge in [0, 0.05) is 27.3 Å². The molecule has 0 aliphatic heterocycles. The number of amides is 1. The maximum absolute atomic E-state index is 12.2. The van der Waals surface area contributed by atoms with Gasteiger partial charge in [0.2, 0.25) is 0 Å². The molecule has 0 spiro atoms. The van der Waals surface area contributed by atoms with Crippen LogP contribution in [0.15, 0.2) is 17.0 Å². The number of rotatable bonds is 4. The van der Waals surface area contributed by atoms with Crippen molar-refractivity contribution in [3.8, 4) is 0 Å². The van der Waals surface area contributed by atoms with Crippen LogP contribution in [0.3, 0.4) is 0 Å². The minimum Gasteiger partial charge on any atom is -0.349 e. The van der Waals surface area contributed by atoms with E-state index in [2.05, 4.69) is 5.32 Å². The molecule has 1 amide bonds. The minimum atomic E-state index is -3.94. The van der Waals surface area contributed by atoms with Crippen LogP contribution in [0, 0.1) is 12.8 Å². The predicted molar refractivity (Wildman–Crippen MR) is 83.5 cm³/mol. The SMILES string of the molecule is Cc1c(Cl)cc(C(=O)NC(C)C2CCC2)cc1S(=O)(=O)Cl. The van der Waals surface area contributed by atoms with Gasteiger partial charge in [-0.25, -0.2) is 8.42 Å². The lowest BCUT2D eigenvalue weighted by Gasteiger charge is -2.31. The highest BCUT2D eigenvalue weighted by Crippen LogP contribution is 2.30. The van der Waals surface area contributed by atoms with Crippen LogP contribution >= 0.6 is 22.3 Å². The molecule has 1 N–H and O–H groups in total. The van der Waals surface area contributed by atoms with Crippen molar-refractivity contribution in [3.63, 3.8) is 0 Å². The van der Waals surface area contributed by atoms with Crippen LogP contribution in [0.4, 0.5) is 0 Å². The third-order valence-corrected chi connectivity index (χ3v) is 5.88. The van der Waals surface area contributed by atoms with E-state index in [1.165, 1.54) is 18.6 Å². The van der Waals surface area contributed by atoms with Gasteiger partial charge in [0.1, 0.15) is 0 Å². The van der Waals surface area contributed by atoms with Crippen LogP contribution in [0.2, 0.25) is 5.02 Å². The van der Waals surface area contributed by atoms with Gasteiger partial charge in [-0.2, -0.15) is 0 Å². The van der Waals surface area contributed by atoms with Crippen molar-refractivity contribution in [2.75, 3.05) is 0 Å². The molecule has 0 bridgehead atoms. The van der Waals surface area contributed by atoms with Crippen molar-refractivity contribution in [2.24, 2.45) is 5.92 Å². The monoisotopic (exact) mass is 349 g/mol. The van der Waals surface area contributed by atoms with Crippen molar-refractivity contribution in [2.45, 2.75) is 44.0 Å². The third kappa shape index (κ3) is 3.71. The van der Waals surface area contributed by atoms with Crippen molar-refractivity contribution < 1.29 is 13.2 Å². The van der Waals surface area contributed by atoms with Gasteiger partial charge >= 0.3 is 0 Å². The van der Waals surface area contributed by atoms with Crippen LogP contribution in [0.25, 0.3) is 0 Å². The summed E-state index contributed by atoms with van der Waals surface area (Å²) in [7, 11) is 1.44. The van der Waals surface area contributed by atoms with Crippen molar-refractivity contribution in [3.05, 3.63) is 28.3 Å². The normalized spacial score (nSPS) is 17.1. The summed E-state index contributed by atoms with van der Waals surface area (Å²) in [5.41, 5.74) is 0.547. The lowest BCUT2D eigenvalue weighted by molar-refractivity contribution is 0.0909. The van der Waals surface area contributed by atoms with Gasteiger partial charge in [-0.15, -0.1) is 0 Å². The summed E-state index contributed by atoms with van der Waals surface area (Å²) in [6.07, 6.45) is 3.41. The number of nitrogens with one attached hydrogen (secondary N) is 1. The molecule has 1 aliphatic rings. The summed E-state index contributed by atoms with van der Waals surface area (Å²) < 4.78 is 23.1. The van der Waals surface area contributed by atoms with Crippen molar-refractivity contribution in [1.29, 1.82) is 0 Å². The Morgan fingerprint density at radius 3 is 2.48 bits per heavy atom. The van der Waals surface area contributed by atoms with E-state index in [4.69, 9.17) is 22.3 Å². The molecule has 1 fully saturated rings. The predicted octanol–water partition coefficient (Wildman–Crippen LogP) is 3.49. The van der Waals surface area contributed by atoms with Crippen LogP contribution in [-0.4, -0.2) is 20.4 Å². The highest BCUT2D eigenvalue weighted by Gasteiger charge is 2.26. The first-order valence-electron chi connectivity index (χ1n) is 6.76. The lowest BCUT2D eigenvalue weighted by Crippen LogP contribution is -2.40. The number of hydrogen-bond donors (Lipinski definition) is 1. The molecular formula is C14H17Cl2NO3S. The van der Waals surface area contributed by atoms with E-state index >= 15 is 0 Å². The summed E-state index contributed by atoms with van der Waals surface area (Å²) in [6.45, 7) is 3.51. The summed E-state index contributed by atoms with van der Waals surface area (Å²) in [6, 6.07) is 2.79. The molecule has 0 radical (unpaired) electrons. The molecule has 7 heteroatoms. The van der Waals surface area contributed by atoms with Gasteiger partial charge in [-0.05, 0) is 50.3 Å². The molecule has 4 nitrogen and oxygen atoms in total. The largest absolute Gasteiger partial charge is 0.349 e. The molecule has 1 aromatic rings. The van der Waals surface area contributed by atoms with Gasteiger partial charge in [0.05, 0.1) is 4.90 Å². The molecule has 1 unspecified atom stereocenters. The molecule has 21 heavy (non-hydrogen) atoms. The highest BCUT2D eigenvalue weighted by atomic mass is 35.7. The second kappa shape index (κ2) is 6.15. The minimum absolute atomic E-state index is 0.0578. The van der Waals surface area contributed by atoms with Crippen LogP contribution in [0.1, 0.15) is 42.1 Å². The van der Waals surface area contributed by atoms with Crippen molar-refractivity contribution >= 4 is 37.2 Å². The number of carbonyl (C=O) groups is 1. The van der Waals surface area contributed by atoms with Gasteiger partial charge < -0.3 is 5.32 Å². The smallest absolute Gasteiger partial charge is 0.261 e. The van der Waals surface area contributed by atoms with E-state index in [0.29, 0.717) is 11.5 Å². The number of benzene rings is 1. The zero-order valence-corrected chi connectivity index (χ0v) is 14.1. The second-order valence-electron chi connectivity index (χ2n) is 5.47. The van der Waals surface area contributed by atoms with E-state index in [9.17, 15) is 13.2 Å². The van der Waals surface area contributed by atoms with Crippen LogP contribution in [-0.2, 0) is 9.05 Å². The van der Waals surface area contributed by atoms with Gasteiger partial charge in [0.25, 0.3) is 15.0 Å². The molecule has 1 saturated carbocycles. The van der Waals surface area contributed by atoms with E-state index in [1.807, 2.05) is 6.92 Å². The Balaban J connectivity index is 2.27. The summed E-state index contributed by atoms with van der Waals surface area (Å²) >= 11 is 6.00. The molecule has 2 rings (SSSR count). The summed E-state index contributed by atoms with van der Waals surface area (Å²) in [5.74, 6) is 0.156. The Hall–Kier alpha value is -0.780. The van der Waals surface area contributed by atoms with E-state index in [0.717, 1.165) is 12.8 Å². The van der Waals surface area contributed by atoms with E-state index in [-0.39, 0.29) is 27.4 Å². The van der Waals surface area contributed by atoms with E-state index < -0.39 is 9.05 Å². The molecule has 1 atom stereocenters. The summed E-state index contributed by atoms with van der Waals surface area (Å²) in [4.78, 5) is 12.1. The first-order valence-corrected chi connectivity index (χ1v) is 9.44. The van der Waals surface area contributed by atoms with Crippen molar-refractivity contribution in [1.82, 2.24) is 5.32 Å². The zero-order chi connectivity index (χ0) is 15.8. The fourth-order valence-electron chi connectivity index (χ4n) is 2.39. The Labute approximate surface area is 134 Å². The Kier molecular flexibility index (Phi) is 4.85. The quantitative estimate of drug-likeness (QED) is 0.846. The number of halogens is 2. The Bertz CT molecular complexity index is 669. The van der Waals surface area contributed by atoms with Crippen LogP contribution in [0.5, 0.6) is 0 Å². The Morgan fingerprint density at radius 1 is 1.38 bits per heavy atom. The average Bonchev–Trinajstić information content (AvgIpc) is 2.28. The fourth-order valence-corrected chi connectivity index (χ4v) is 3.89. The first kappa shape index (κ1) is 16.6. The zero-order valence-electron chi connectivity index (χ0n) is 11.8. The van der Waals surface area contributed by atoms with Gasteiger partial charge in [-0.3, -0.25) is 4.79 Å². The number of carbonyl (C=O) groups excluding carboxylic acids is 1. The van der Waals surface area contributed by atoms with E-state index in [1.54, 1.807) is 6.92 Å². The van der Waals surface area contributed by atoms with Gasteiger partial charge in [0.15, 0.2) is 0 Å². The Morgan fingerprint density at radius 2 is 2.00 bits per heavy atom. The van der Waals surface area contributed by atoms with Crippen LogP contribution < -0.4 is 5.32 Å². The molecular weight excluding hydrogens is 333 g/mol. The number of hydrogen-bond acceptors (Lipinski definition) is 3. The fraction of sp³-hybridized carbons (Fsp3) is 0.500. The third-order valence-electron chi connectivity index (χ3n) is 4.04. The molecule has 0 saturated heterocycles. The average molecular weight is 350 g/mol. The highest BCUT2D eigenvalue weighted by molar-refractivity contribution is 8.13. The molecule has 0 aromatic heterocycles. The molecule has 0 heterocycles.